The molecule has 0 aliphatic rings. The van der Waals surface area contributed by atoms with Crippen molar-refractivity contribution in [2.24, 2.45) is 5.92 Å². The first-order valence-corrected chi connectivity index (χ1v) is 6.94. The molecule has 0 saturated carbocycles. The van der Waals surface area contributed by atoms with Crippen LogP contribution in [0.15, 0.2) is 24.3 Å². The summed E-state index contributed by atoms with van der Waals surface area (Å²) in [6.07, 6.45) is 0.916. The molecule has 0 aromatic heterocycles. The largest absolute Gasteiger partial charge is 0.508 e. The summed E-state index contributed by atoms with van der Waals surface area (Å²) in [6, 6.07) is 5.31. The van der Waals surface area contributed by atoms with E-state index in [-0.39, 0.29) is 11.8 Å². The summed E-state index contributed by atoms with van der Waals surface area (Å²) in [5.41, 5.74) is 0.420. The third-order valence-corrected chi connectivity index (χ3v) is 3.55. The molecule has 0 aliphatic carbocycles. The second-order valence-corrected chi connectivity index (χ2v) is 5.12. The molecule has 21 heavy (non-hydrogen) atoms. The van der Waals surface area contributed by atoms with Gasteiger partial charge in [0.05, 0.1) is 0 Å². The van der Waals surface area contributed by atoms with Crippen LogP contribution in [0, 0.1) is 5.92 Å². The zero-order valence-corrected chi connectivity index (χ0v) is 12.5. The molecule has 1 rings (SSSR count). The number of carboxylic acid groups (broad SMARTS) is 1. The monoisotopic (exact) mass is 294 g/mol. The molecule has 2 atom stereocenters. The summed E-state index contributed by atoms with van der Waals surface area (Å²) in [7, 11) is 0. The van der Waals surface area contributed by atoms with Crippen LogP contribution in [0.25, 0.3) is 0 Å². The number of hydrogen-bond acceptors (Lipinski definition) is 3. The van der Waals surface area contributed by atoms with Crippen LogP contribution in [-0.2, 0) is 4.79 Å². The van der Waals surface area contributed by atoms with Gasteiger partial charge in [0.25, 0.3) is 0 Å². The number of aromatic hydroxyl groups is 1. The smallest absolute Gasteiger partial charge is 0.323 e. The number of carboxylic acids is 1. The van der Waals surface area contributed by atoms with Gasteiger partial charge < -0.3 is 15.5 Å². The molecule has 0 bridgehead atoms. The van der Waals surface area contributed by atoms with Crippen LogP contribution in [0.1, 0.15) is 27.2 Å². The fraction of sp³-hybridized carbons (Fsp3) is 0.467. The zero-order valence-electron chi connectivity index (χ0n) is 12.5. The highest BCUT2D eigenvalue weighted by molar-refractivity contribution is 5.96. The minimum atomic E-state index is -1.10. The highest BCUT2D eigenvalue weighted by Crippen LogP contribution is 2.19. The molecule has 6 nitrogen and oxygen atoms in total. The SMILES string of the molecule is CCC(C)C(C)NC(=O)N(CC(=O)O)c1ccc(O)cc1. The van der Waals surface area contributed by atoms with Crippen molar-refractivity contribution in [3.63, 3.8) is 0 Å². The molecule has 116 valence electrons. The molecular formula is C15H22N2O4. The number of nitrogens with one attached hydrogen (secondary N) is 1. The lowest BCUT2D eigenvalue weighted by Crippen LogP contribution is -2.47. The predicted octanol–water partition coefficient (Wildman–Crippen LogP) is 2.43. The molecule has 3 N–H and O–H groups in total. The number of phenols is 1. The second-order valence-electron chi connectivity index (χ2n) is 5.12. The molecule has 0 aliphatic heterocycles. The van der Waals surface area contributed by atoms with Gasteiger partial charge in [-0.2, -0.15) is 0 Å². The van der Waals surface area contributed by atoms with Crippen LogP contribution in [-0.4, -0.2) is 34.8 Å². The summed E-state index contributed by atoms with van der Waals surface area (Å²) in [6.45, 7) is 5.50. The first kappa shape index (κ1) is 16.8. The van der Waals surface area contributed by atoms with Crippen molar-refractivity contribution in [1.82, 2.24) is 5.32 Å². The van der Waals surface area contributed by atoms with Crippen LogP contribution < -0.4 is 10.2 Å². The molecule has 0 fully saturated rings. The zero-order chi connectivity index (χ0) is 16.0. The number of benzene rings is 1. The Balaban J connectivity index is 2.89. The van der Waals surface area contributed by atoms with Crippen LogP contribution >= 0.6 is 0 Å². The van der Waals surface area contributed by atoms with Gasteiger partial charge in [0.1, 0.15) is 12.3 Å². The fourth-order valence-electron chi connectivity index (χ4n) is 1.82. The van der Waals surface area contributed by atoms with Gasteiger partial charge in [-0.25, -0.2) is 4.79 Å². The number of aliphatic carboxylic acids is 1. The topological polar surface area (TPSA) is 89.9 Å². The van der Waals surface area contributed by atoms with Crippen molar-refractivity contribution in [3.05, 3.63) is 24.3 Å². The summed E-state index contributed by atoms with van der Waals surface area (Å²) < 4.78 is 0. The van der Waals surface area contributed by atoms with Crippen molar-refractivity contribution in [2.75, 3.05) is 11.4 Å². The molecule has 1 aromatic rings. The molecule has 0 spiro atoms. The number of phenolic OH excluding ortho intramolecular Hbond substituents is 1. The lowest BCUT2D eigenvalue weighted by atomic mass is 10.0. The number of carbonyl (C=O) groups excluding carboxylic acids is 1. The molecule has 0 heterocycles. The van der Waals surface area contributed by atoms with Crippen molar-refractivity contribution < 1.29 is 19.8 Å². The Labute approximate surface area is 124 Å². The second kappa shape index (κ2) is 7.52. The van der Waals surface area contributed by atoms with Gasteiger partial charge in [-0.1, -0.05) is 20.3 Å². The first-order chi connectivity index (χ1) is 9.85. The average molecular weight is 294 g/mol. The molecule has 2 unspecified atom stereocenters. The van der Waals surface area contributed by atoms with E-state index in [1.807, 2.05) is 20.8 Å². The van der Waals surface area contributed by atoms with E-state index in [0.717, 1.165) is 11.3 Å². The van der Waals surface area contributed by atoms with E-state index in [2.05, 4.69) is 5.32 Å². The van der Waals surface area contributed by atoms with Crippen LogP contribution in [0.2, 0.25) is 0 Å². The summed E-state index contributed by atoms with van der Waals surface area (Å²) in [5, 5.41) is 21.1. The van der Waals surface area contributed by atoms with Gasteiger partial charge >= 0.3 is 12.0 Å². The van der Waals surface area contributed by atoms with Crippen molar-refractivity contribution in [2.45, 2.75) is 33.2 Å². The maximum absolute atomic E-state index is 12.3. The van der Waals surface area contributed by atoms with Crippen molar-refractivity contribution in [1.29, 1.82) is 0 Å². The Hall–Kier alpha value is -2.24. The van der Waals surface area contributed by atoms with E-state index in [9.17, 15) is 14.7 Å². The molecule has 0 saturated heterocycles. The predicted molar refractivity (Wildman–Crippen MR) is 80.5 cm³/mol. The minimum absolute atomic E-state index is 0.0578. The molecular weight excluding hydrogens is 272 g/mol. The molecule has 6 heteroatoms. The normalized spacial score (nSPS) is 13.3. The molecule has 0 radical (unpaired) electrons. The van der Waals surface area contributed by atoms with Crippen LogP contribution in [0.4, 0.5) is 10.5 Å². The lowest BCUT2D eigenvalue weighted by Gasteiger charge is -2.26. The van der Waals surface area contributed by atoms with Crippen molar-refractivity contribution in [3.8, 4) is 5.75 Å². The van der Waals surface area contributed by atoms with Gasteiger partial charge in [-0.3, -0.25) is 9.69 Å². The average Bonchev–Trinajstić information content (AvgIpc) is 2.44. The quantitative estimate of drug-likeness (QED) is 0.751. The fourth-order valence-corrected chi connectivity index (χ4v) is 1.82. The number of nitrogens with zero attached hydrogens (tertiary/aromatic N) is 1. The molecule has 1 aromatic carbocycles. The van der Waals surface area contributed by atoms with Crippen LogP contribution in [0.3, 0.4) is 0 Å². The van der Waals surface area contributed by atoms with Gasteiger partial charge in [0.15, 0.2) is 0 Å². The third kappa shape index (κ3) is 4.98. The lowest BCUT2D eigenvalue weighted by molar-refractivity contribution is -0.135. The maximum atomic E-state index is 12.3. The van der Waals surface area contributed by atoms with Crippen LogP contribution in [0.5, 0.6) is 5.75 Å². The number of carbonyl (C=O) groups is 2. The summed E-state index contributed by atoms with van der Waals surface area (Å²) >= 11 is 0. The Kier molecular flexibility index (Phi) is 6.02. The number of urea groups is 1. The minimum Gasteiger partial charge on any atom is -0.508 e. The Morgan fingerprint density at radius 3 is 2.29 bits per heavy atom. The molecule has 2 amide bonds. The summed E-state index contributed by atoms with van der Waals surface area (Å²) in [4.78, 5) is 24.4. The van der Waals surface area contributed by atoms with E-state index in [1.54, 1.807) is 0 Å². The highest BCUT2D eigenvalue weighted by Gasteiger charge is 2.21. The van der Waals surface area contributed by atoms with Gasteiger partial charge in [-0.15, -0.1) is 0 Å². The number of hydrogen-bond donors (Lipinski definition) is 3. The van der Waals surface area contributed by atoms with Gasteiger partial charge in [0.2, 0.25) is 0 Å². The van der Waals surface area contributed by atoms with E-state index in [4.69, 9.17) is 5.11 Å². The van der Waals surface area contributed by atoms with Gasteiger partial charge in [-0.05, 0) is 37.1 Å². The van der Waals surface area contributed by atoms with Gasteiger partial charge in [0, 0.05) is 11.7 Å². The highest BCUT2D eigenvalue weighted by atomic mass is 16.4. The van der Waals surface area contributed by atoms with E-state index < -0.39 is 18.5 Å². The Morgan fingerprint density at radius 2 is 1.81 bits per heavy atom. The number of anilines is 1. The van der Waals surface area contributed by atoms with Crippen molar-refractivity contribution >= 4 is 17.7 Å². The number of rotatable bonds is 6. The Bertz CT molecular complexity index is 487. The third-order valence-electron chi connectivity index (χ3n) is 3.55. The van der Waals surface area contributed by atoms with E-state index in [0.29, 0.717) is 11.6 Å². The first-order valence-electron chi connectivity index (χ1n) is 6.94. The summed E-state index contributed by atoms with van der Waals surface area (Å²) in [5.74, 6) is -0.753. The number of amides is 2. The van der Waals surface area contributed by atoms with E-state index >= 15 is 0 Å². The maximum Gasteiger partial charge on any atom is 0.323 e. The Morgan fingerprint density at radius 1 is 1.24 bits per heavy atom. The van der Waals surface area contributed by atoms with E-state index in [1.165, 1.54) is 24.3 Å². The standard InChI is InChI=1S/C15H22N2O4/c1-4-10(2)11(3)16-15(21)17(9-14(19)20)12-5-7-13(18)8-6-12/h5-8,10-11,18H,4,9H2,1-3H3,(H,16,21)(H,19,20).